The van der Waals surface area contributed by atoms with Crippen molar-refractivity contribution in [2.75, 3.05) is 18.0 Å². The summed E-state index contributed by atoms with van der Waals surface area (Å²) >= 11 is 0. The fourth-order valence-electron chi connectivity index (χ4n) is 2.59. The molecule has 2 N–H and O–H groups in total. The van der Waals surface area contributed by atoms with Crippen LogP contribution in [0.4, 0.5) is 5.82 Å². The highest BCUT2D eigenvalue weighted by atomic mass is 16.4. The second-order valence-electron chi connectivity index (χ2n) is 5.15. The van der Waals surface area contributed by atoms with Gasteiger partial charge in [0.15, 0.2) is 0 Å². The number of aromatic nitrogens is 1. The van der Waals surface area contributed by atoms with Crippen molar-refractivity contribution >= 4 is 11.8 Å². The molecule has 5 heteroatoms. The SMILES string of the molecule is O=C(O)c1cc(-c2ccccc2)cnc1N1CCC(O)C1. The topological polar surface area (TPSA) is 73.7 Å². The summed E-state index contributed by atoms with van der Waals surface area (Å²) in [7, 11) is 0. The lowest BCUT2D eigenvalue weighted by atomic mass is 10.1. The van der Waals surface area contributed by atoms with Gasteiger partial charge in [0.1, 0.15) is 11.4 Å². The predicted octanol–water partition coefficient (Wildman–Crippen LogP) is 2.02. The quantitative estimate of drug-likeness (QED) is 0.902. The van der Waals surface area contributed by atoms with Crippen LogP contribution in [0, 0.1) is 0 Å². The number of benzene rings is 1. The van der Waals surface area contributed by atoms with E-state index >= 15 is 0 Å². The van der Waals surface area contributed by atoms with Gasteiger partial charge in [-0.15, -0.1) is 0 Å². The van der Waals surface area contributed by atoms with Gasteiger partial charge in [0.25, 0.3) is 0 Å². The highest BCUT2D eigenvalue weighted by Crippen LogP contribution is 2.27. The molecule has 0 spiro atoms. The Kier molecular flexibility index (Phi) is 3.58. The largest absolute Gasteiger partial charge is 0.478 e. The number of carboxylic acid groups (broad SMARTS) is 1. The second-order valence-corrected chi connectivity index (χ2v) is 5.15. The molecule has 1 atom stereocenters. The van der Waals surface area contributed by atoms with Crippen molar-refractivity contribution in [3.8, 4) is 11.1 Å². The fourth-order valence-corrected chi connectivity index (χ4v) is 2.59. The molecule has 108 valence electrons. The maximum absolute atomic E-state index is 11.5. The first kappa shape index (κ1) is 13.6. The minimum absolute atomic E-state index is 0.172. The Bertz CT molecular complexity index is 658. The zero-order valence-corrected chi connectivity index (χ0v) is 11.4. The van der Waals surface area contributed by atoms with Gasteiger partial charge in [-0.25, -0.2) is 9.78 Å². The first-order valence-electron chi connectivity index (χ1n) is 6.87. The molecule has 1 aromatic heterocycles. The third-order valence-electron chi connectivity index (χ3n) is 3.67. The van der Waals surface area contributed by atoms with Gasteiger partial charge in [0, 0.05) is 24.8 Å². The maximum atomic E-state index is 11.5. The van der Waals surface area contributed by atoms with Gasteiger partial charge >= 0.3 is 5.97 Å². The molecule has 1 aliphatic rings. The molecular formula is C16H16N2O3. The van der Waals surface area contributed by atoms with E-state index in [-0.39, 0.29) is 5.56 Å². The number of aromatic carboxylic acids is 1. The van der Waals surface area contributed by atoms with E-state index in [4.69, 9.17) is 0 Å². The molecule has 21 heavy (non-hydrogen) atoms. The number of hydrogen-bond acceptors (Lipinski definition) is 4. The zero-order valence-electron chi connectivity index (χ0n) is 11.4. The lowest BCUT2D eigenvalue weighted by Crippen LogP contribution is -2.24. The van der Waals surface area contributed by atoms with Crippen LogP contribution in [0.3, 0.4) is 0 Å². The van der Waals surface area contributed by atoms with Crippen LogP contribution in [0.2, 0.25) is 0 Å². The van der Waals surface area contributed by atoms with E-state index in [0.29, 0.717) is 25.3 Å². The average Bonchev–Trinajstić information content (AvgIpc) is 2.94. The molecule has 0 aliphatic carbocycles. The number of rotatable bonds is 3. The first-order valence-corrected chi connectivity index (χ1v) is 6.87. The molecule has 0 saturated carbocycles. The van der Waals surface area contributed by atoms with Crippen LogP contribution in [0.1, 0.15) is 16.8 Å². The third-order valence-corrected chi connectivity index (χ3v) is 3.67. The summed E-state index contributed by atoms with van der Waals surface area (Å²) in [5, 5.41) is 19.0. The number of nitrogens with zero attached hydrogens (tertiary/aromatic N) is 2. The number of aliphatic hydroxyl groups is 1. The molecule has 1 aliphatic heterocycles. The van der Waals surface area contributed by atoms with Crippen LogP contribution in [-0.2, 0) is 0 Å². The second kappa shape index (κ2) is 5.54. The summed E-state index contributed by atoms with van der Waals surface area (Å²) in [5.41, 5.74) is 1.88. The minimum Gasteiger partial charge on any atom is -0.478 e. The molecule has 1 unspecified atom stereocenters. The van der Waals surface area contributed by atoms with Crippen molar-refractivity contribution in [2.24, 2.45) is 0 Å². The Balaban J connectivity index is 2.01. The van der Waals surface area contributed by atoms with E-state index in [1.54, 1.807) is 12.3 Å². The number of carboxylic acids is 1. The van der Waals surface area contributed by atoms with Crippen molar-refractivity contribution in [3.05, 3.63) is 48.2 Å². The zero-order chi connectivity index (χ0) is 14.8. The monoisotopic (exact) mass is 284 g/mol. The highest BCUT2D eigenvalue weighted by Gasteiger charge is 2.25. The average molecular weight is 284 g/mol. The van der Waals surface area contributed by atoms with Crippen molar-refractivity contribution < 1.29 is 15.0 Å². The first-order chi connectivity index (χ1) is 10.1. The fraction of sp³-hybridized carbons (Fsp3) is 0.250. The summed E-state index contributed by atoms with van der Waals surface area (Å²) in [6, 6.07) is 11.2. The summed E-state index contributed by atoms with van der Waals surface area (Å²) < 4.78 is 0. The van der Waals surface area contributed by atoms with Crippen LogP contribution in [0.5, 0.6) is 0 Å². The van der Waals surface area contributed by atoms with Gasteiger partial charge in [0.2, 0.25) is 0 Å². The molecule has 0 amide bonds. The van der Waals surface area contributed by atoms with Gasteiger partial charge in [-0.1, -0.05) is 30.3 Å². The normalized spacial score (nSPS) is 18.0. The van der Waals surface area contributed by atoms with Gasteiger partial charge in [-0.3, -0.25) is 0 Å². The number of hydrogen-bond donors (Lipinski definition) is 2. The van der Waals surface area contributed by atoms with E-state index in [2.05, 4.69) is 4.98 Å². The third kappa shape index (κ3) is 2.73. The molecule has 1 fully saturated rings. The van der Waals surface area contributed by atoms with E-state index in [0.717, 1.165) is 11.1 Å². The summed E-state index contributed by atoms with van der Waals surface area (Å²) in [6.07, 6.45) is 1.91. The Morgan fingerprint density at radius 1 is 1.24 bits per heavy atom. The summed E-state index contributed by atoms with van der Waals surface area (Å²) in [5.74, 6) is -0.574. The summed E-state index contributed by atoms with van der Waals surface area (Å²) in [4.78, 5) is 17.7. The van der Waals surface area contributed by atoms with Gasteiger partial charge in [-0.05, 0) is 18.1 Å². The smallest absolute Gasteiger partial charge is 0.339 e. The number of aliphatic hydroxyl groups excluding tert-OH is 1. The van der Waals surface area contributed by atoms with Gasteiger partial charge in [-0.2, -0.15) is 0 Å². The molecule has 0 radical (unpaired) electrons. The van der Waals surface area contributed by atoms with Crippen LogP contribution >= 0.6 is 0 Å². The molecule has 1 aromatic carbocycles. The van der Waals surface area contributed by atoms with Crippen LogP contribution in [0.25, 0.3) is 11.1 Å². The van der Waals surface area contributed by atoms with E-state index < -0.39 is 12.1 Å². The number of β-amino-alcohol motifs (C(OH)–C–C–N with tert-alkyl or cyclic N) is 1. The van der Waals surface area contributed by atoms with Crippen molar-refractivity contribution in [2.45, 2.75) is 12.5 Å². The van der Waals surface area contributed by atoms with Crippen LogP contribution < -0.4 is 4.90 Å². The Hall–Kier alpha value is -2.40. The highest BCUT2D eigenvalue weighted by molar-refractivity contribution is 5.95. The Labute approximate surface area is 122 Å². The van der Waals surface area contributed by atoms with Crippen molar-refractivity contribution in [3.63, 3.8) is 0 Å². The van der Waals surface area contributed by atoms with Crippen LogP contribution in [-0.4, -0.2) is 40.4 Å². The standard InChI is InChI=1S/C16H16N2O3/c19-13-6-7-18(10-13)15-14(16(20)21)8-12(9-17-15)11-4-2-1-3-5-11/h1-5,8-9,13,19H,6-7,10H2,(H,20,21). The molecule has 1 saturated heterocycles. The van der Waals surface area contributed by atoms with Gasteiger partial charge < -0.3 is 15.1 Å². The molecule has 3 rings (SSSR count). The maximum Gasteiger partial charge on any atom is 0.339 e. The van der Waals surface area contributed by atoms with Crippen molar-refractivity contribution in [1.82, 2.24) is 4.98 Å². The molecule has 2 heterocycles. The number of carbonyl (C=O) groups is 1. The lowest BCUT2D eigenvalue weighted by Gasteiger charge is -2.19. The molecular weight excluding hydrogens is 268 g/mol. The van der Waals surface area contributed by atoms with Gasteiger partial charge in [0.05, 0.1) is 6.10 Å². The molecule has 2 aromatic rings. The lowest BCUT2D eigenvalue weighted by molar-refractivity contribution is 0.0697. The number of anilines is 1. The van der Waals surface area contributed by atoms with E-state index in [9.17, 15) is 15.0 Å². The van der Waals surface area contributed by atoms with Crippen LogP contribution in [0.15, 0.2) is 42.6 Å². The Morgan fingerprint density at radius 3 is 2.62 bits per heavy atom. The van der Waals surface area contributed by atoms with E-state index in [1.165, 1.54) is 0 Å². The Morgan fingerprint density at radius 2 is 2.00 bits per heavy atom. The number of pyridine rings is 1. The molecule has 5 nitrogen and oxygen atoms in total. The minimum atomic E-state index is -1.00. The molecule has 0 bridgehead atoms. The van der Waals surface area contributed by atoms with Crippen molar-refractivity contribution in [1.29, 1.82) is 0 Å². The predicted molar refractivity (Wildman–Crippen MR) is 79.5 cm³/mol. The van der Waals surface area contributed by atoms with E-state index in [1.807, 2.05) is 35.2 Å². The summed E-state index contributed by atoms with van der Waals surface area (Å²) in [6.45, 7) is 1.05.